The highest BCUT2D eigenvalue weighted by Gasteiger charge is 2.31. The van der Waals surface area contributed by atoms with Gasteiger partial charge >= 0.3 is 5.97 Å². The lowest BCUT2D eigenvalue weighted by atomic mass is 10.2. The maximum atomic E-state index is 13.2. The van der Waals surface area contributed by atoms with Gasteiger partial charge in [-0.05, 0) is 55.3 Å². The van der Waals surface area contributed by atoms with Gasteiger partial charge in [-0.15, -0.1) is 0 Å². The van der Waals surface area contributed by atoms with E-state index in [2.05, 4.69) is 5.32 Å². The largest absolute Gasteiger partial charge is 0.449 e. The minimum Gasteiger partial charge on any atom is -0.449 e. The molecule has 0 aromatic heterocycles. The fourth-order valence-corrected chi connectivity index (χ4v) is 5.22. The zero-order chi connectivity index (χ0) is 24.3. The first-order chi connectivity index (χ1) is 16.3. The van der Waals surface area contributed by atoms with Crippen molar-refractivity contribution in [1.29, 1.82) is 5.26 Å². The van der Waals surface area contributed by atoms with Crippen molar-refractivity contribution < 1.29 is 22.7 Å². The Bertz CT molecular complexity index is 1410. The van der Waals surface area contributed by atoms with Crippen LogP contribution < -0.4 is 9.62 Å². The molecule has 0 radical (unpaired) electrons. The number of anilines is 2. The molecule has 0 spiro atoms. The first-order valence-corrected chi connectivity index (χ1v) is 12.0. The van der Waals surface area contributed by atoms with Crippen LogP contribution in [0.4, 0.5) is 11.4 Å². The number of nitriles is 1. The lowest BCUT2D eigenvalue weighted by molar-refractivity contribution is -0.123. The summed E-state index contributed by atoms with van der Waals surface area (Å²) < 4.78 is 33.1. The number of hydrogen-bond acceptors (Lipinski definition) is 6. The minimum atomic E-state index is -3.89. The van der Waals surface area contributed by atoms with E-state index in [0.29, 0.717) is 24.3 Å². The number of para-hydroxylation sites is 2. The van der Waals surface area contributed by atoms with Crippen LogP contribution in [0.15, 0.2) is 77.7 Å². The molecule has 4 rings (SSSR count). The van der Waals surface area contributed by atoms with Gasteiger partial charge in [-0.3, -0.25) is 9.10 Å². The molecule has 1 aliphatic heterocycles. The van der Waals surface area contributed by atoms with Crippen LogP contribution >= 0.6 is 0 Å². The Balaban J connectivity index is 1.49. The molecular formula is C25H21N3O5S. The minimum absolute atomic E-state index is 0.00521. The van der Waals surface area contributed by atoms with Gasteiger partial charge in [-0.25, -0.2) is 13.2 Å². The Morgan fingerprint density at radius 1 is 1.06 bits per heavy atom. The van der Waals surface area contributed by atoms with Crippen LogP contribution in [0.2, 0.25) is 0 Å². The molecule has 0 fully saturated rings. The topological polar surface area (TPSA) is 117 Å². The van der Waals surface area contributed by atoms with E-state index < -0.39 is 28.0 Å². The molecule has 1 aliphatic rings. The van der Waals surface area contributed by atoms with Crippen LogP contribution in [-0.4, -0.2) is 32.9 Å². The third kappa shape index (κ3) is 4.49. The summed E-state index contributed by atoms with van der Waals surface area (Å²) >= 11 is 0. The van der Waals surface area contributed by atoms with Crippen LogP contribution in [0.5, 0.6) is 0 Å². The molecule has 34 heavy (non-hydrogen) atoms. The van der Waals surface area contributed by atoms with Crippen molar-refractivity contribution in [3.8, 4) is 6.07 Å². The molecule has 0 saturated heterocycles. The van der Waals surface area contributed by atoms with Crippen LogP contribution in [0.25, 0.3) is 0 Å². The van der Waals surface area contributed by atoms with Crippen LogP contribution in [-0.2, 0) is 26.0 Å². The van der Waals surface area contributed by atoms with Crippen molar-refractivity contribution in [2.45, 2.75) is 24.3 Å². The number of nitrogens with zero attached hydrogens (tertiary/aromatic N) is 2. The van der Waals surface area contributed by atoms with Gasteiger partial charge in [0.2, 0.25) is 0 Å². The number of carbonyl (C=O) groups is 2. The molecule has 9 heteroatoms. The van der Waals surface area contributed by atoms with E-state index in [9.17, 15) is 18.0 Å². The summed E-state index contributed by atoms with van der Waals surface area (Å²) in [7, 11) is -3.89. The zero-order valence-corrected chi connectivity index (χ0v) is 19.1. The maximum Gasteiger partial charge on any atom is 0.338 e. The number of hydrogen-bond donors (Lipinski definition) is 1. The second-order valence-electron chi connectivity index (χ2n) is 7.68. The Kier molecular flexibility index (Phi) is 6.34. The average molecular weight is 476 g/mol. The van der Waals surface area contributed by atoms with E-state index in [-0.39, 0.29) is 16.0 Å². The Morgan fingerprint density at radius 3 is 2.59 bits per heavy atom. The summed E-state index contributed by atoms with van der Waals surface area (Å²) in [4.78, 5) is 25.1. The van der Waals surface area contributed by atoms with Crippen molar-refractivity contribution in [3.05, 3.63) is 89.5 Å². The molecule has 0 bridgehead atoms. The standard InChI is InChI=1S/C25H21N3O5S/c1-17(24(29)27-22-11-4-2-8-20(22)16-26)33-25(30)19-9-6-10-21(15-19)34(31,32)28-14-13-18-7-3-5-12-23(18)28/h2-12,15,17H,13-14H2,1H3,(H,27,29)/t17-/m1/s1. The second-order valence-corrected chi connectivity index (χ2v) is 9.54. The smallest absolute Gasteiger partial charge is 0.338 e. The quantitative estimate of drug-likeness (QED) is 0.546. The summed E-state index contributed by atoms with van der Waals surface area (Å²) in [5.74, 6) is -1.46. The highest BCUT2D eigenvalue weighted by atomic mass is 32.2. The number of ether oxygens (including phenoxy) is 1. The molecule has 1 heterocycles. The Morgan fingerprint density at radius 2 is 1.79 bits per heavy atom. The number of fused-ring (bicyclic) bond motifs is 1. The SMILES string of the molecule is C[C@@H](OC(=O)c1cccc(S(=O)(=O)N2CCc3ccccc32)c1)C(=O)Nc1ccccc1C#N. The predicted octanol–water partition coefficient (Wildman–Crippen LogP) is 3.49. The van der Waals surface area contributed by atoms with Gasteiger partial charge in [0.15, 0.2) is 6.10 Å². The van der Waals surface area contributed by atoms with E-state index in [4.69, 9.17) is 10.00 Å². The van der Waals surface area contributed by atoms with E-state index >= 15 is 0 Å². The van der Waals surface area contributed by atoms with Crippen molar-refractivity contribution in [2.24, 2.45) is 0 Å². The van der Waals surface area contributed by atoms with Gasteiger partial charge in [-0.2, -0.15) is 5.26 Å². The van der Waals surface area contributed by atoms with E-state index in [0.717, 1.165) is 5.56 Å². The Hall–Kier alpha value is -4.16. The summed E-state index contributed by atoms with van der Waals surface area (Å²) in [6.07, 6.45) is -0.566. The van der Waals surface area contributed by atoms with E-state index in [1.54, 1.807) is 36.4 Å². The number of carbonyl (C=O) groups excluding carboxylic acids is 2. The van der Waals surface area contributed by atoms with Gasteiger partial charge < -0.3 is 10.1 Å². The average Bonchev–Trinajstić information content (AvgIpc) is 3.29. The van der Waals surface area contributed by atoms with Gasteiger partial charge in [0.1, 0.15) is 6.07 Å². The summed E-state index contributed by atoms with van der Waals surface area (Å²) in [6.45, 7) is 1.71. The van der Waals surface area contributed by atoms with Crippen molar-refractivity contribution in [1.82, 2.24) is 0 Å². The van der Waals surface area contributed by atoms with Crippen LogP contribution in [0.1, 0.15) is 28.4 Å². The summed E-state index contributed by atoms with van der Waals surface area (Å²) in [6, 6.07) is 21.3. The number of amides is 1. The molecule has 1 amide bonds. The predicted molar refractivity (Wildman–Crippen MR) is 126 cm³/mol. The lowest BCUT2D eigenvalue weighted by Crippen LogP contribution is -2.31. The second kappa shape index (κ2) is 9.37. The molecule has 8 nitrogen and oxygen atoms in total. The molecule has 3 aromatic carbocycles. The fourth-order valence-electron chi connectivity index (χ4n) is 3.67. The van der Waals surface area contributed by atoms with Gasteiger partial charge in [-0.1, -0.05) is 36.4 Å². The number of rotatable bonds is 6. The molecule has 0 unspecified atom stereocenters. The molecule has 172 valence electrons. The maximum absolute atomic E-state index is 13.2. The number of esters is 1. The van der Waals surface area contributed by atoms with E-state index in [1.807, 2.05) is 18.2 Å². The first-order valence-electron chi connectivity index (χ1n) is 10.5. The number of benzene rings is 3. The third-order valence-corrected chi connectivity index (χ3v) is 7.27. The molecule has 1 atom stereocenters. The zero-order valence-electron chi connectivity index (χ0n) is 18.3. The summed E-state index contributed by atoms with van der Waals surface area (Å²) in [5, 5.41) is 11.7. The molecule has 3 aromatic rings. The van der Waals surface area contributed by atoms with Crippen LogP contribution in [0.3, 0.4) is 0 Å². The molecule has 0 saturated carbocycles. The van der Waals surface area contributed by atoms with Crippen molar-refractivity contribution in [2.75, 3.05) is 16.2 Å². The molecular weight excluding hydrogens is 454 g/mol. The highest BCUT2D eigenvalue weighted by Crippen LogP contribution is 2.32. The van der Waals surface area contributed by atoms with Crippen molar-refractivity contribution in [3.63, 3.8) is 0 Å². The van der Waals surface area contributed by atoms with Gasteiger partial charge in [0.25, 0.3) is 15.9 Å². The van der Waals surface area contributed by atoms with Crippen LogP contribution in [0, 0.1) is 11.3 Å². The normalized spacial score (nSPS) is 13.5. The molecule has 0 aliphatic carbocycles. The number of sulfonamides is 1. The third-order valence-electron chi connectivity index (χ3n) is 5.46. The lowest BCUT2D eigenvalue weighted by Gasteiger charge is -2.20. The summed E-state index contributed by atoms with van der Waals surface area (Å²) in [5.41, 5.74) is 2.15. The highest BCUT2D eigenvalue weighted by molar-refractivity contribution is 7.92. The molecule has 1 N–H and O–H groups in total. The van der Waals surface area contributed by atoms with Gasteiger partial charge in [0.05, 0.1) is 27.4 Å². The van der Waals surface area contributed by atoms with E-state index in [1.165, 1.54) is 35.5 Å². The Labute approximate surface area is 197 Å². The monoisotopic (exact) mass is 475 g/mol. The number of nitrogens with one attached hydrogen (secondary N) is 1. The van der Waals surface area contributed by atoms with Gasteiger partial charge in [0, 0.05) is 6.54 Å². The first kappa shape index (κ1) is 23.0. The van der Waals surface area contributed by atoms with Crippen molar-refractivity contribution >= 4 is 33.3 Å². The fraction of sp³-hybridized carbons (Fsp3) is 0.160.